The van der Waals surface area contributed by atoms with Crippen molar-refractivity contribution in [3.63, 3.8) is 0 Å². The number of fused-ring (bicyclic) bond motifs is 2. The highest BCUT2D eigenvalue weighted by Crippen LogP contribution is 2.50. The van der Waals surface area contributed by atoms with Gasteiger partial charge >= 0.3 is 0 Å². The van der Waals surface area contributed by atoms with Crippen molar-refractivity contribution in [1.82, 2.24) is 0 Å². The second-order valence-corrected chi connectivity index (χ2v) is 23.3. The first kappa shape index (κ1) is 54.8. The zero-order valence-corrected chi connectivity index (χ0v) is 50.3. The molecule has 0 aromatic heterocycles. The van der Waals surface area contributed by atoms with Crippen LogP contribution >= 0.6 is 0 Å². The van der Waals surface area contributed by atoms with E-state index in [0.717, 1.165) is 101 Å². The van der Waals surface area contributed by atoms with Crippen LogP contribution in [0.2, 0.25) is 0 Å². The molecule has 0 saturated heterocycles. The molecule has 13 aromatic rings. The standard InChI is InChI=1S/C82H70N4/c1-55-21-33-65(34-22-55)83(66-35-23-56(2)24-36-66)75-45-47-77-79(53-75)81(63-29-41-69(42-30-63)85(71-17-9-13-59(5)49-71)72-18-10-14-60(6)50-72)78-48-46-76(84(67-37-25-57(3)26-38-67)68-39-27-58(4)28-40-68)54-80(78)82(77)64-31-43-70(44-32-64)86(73-19-11-15-61(7)51-73)74-20-12-16-62(8)52-74/h9-54H,1-8H3. The van der Waals surface area contributed by atoms with Gasteiger partial charge < -0.3 is 19.6 Å². The lowest BCUT2D eigenvalue weighted by molar-refractivity contribution is 1.26. The third kappa shape index (κ3) is 11.0. The molecule has 0 aliphatic carbocycles. The maximum Gasteiger partial charge on any atom is 0.0468 e. The van der Waals surface area contributed by atoms with E-state index in [1.807, 2.05) is 0 Å². The Morgan fingerprint density at radius 2 is 0.372 bits per heavy atom. The van der Waals surface area contributed by atoms with Gasteiger partial charge in [-0.3, -0.25) is 0 Å². The fourth-order valence-corrected chi connectivity index (χ4v) is 12.3. The molecule has 4 heteroatoms. The molecule has 0 aliphatic rings. The molecular weight excluding hydrogens is 1040 g/mol. The summed E-state index contributed by atoms with van der Waals surface area (Å²) >= 11 is 0. The van der Waals surface area contributed by atoms with Crippen LogP contribution in [0.5, 0.6) is 0 Å². The van der Waals surface area contributed by atoms with E-state index in [1.54, 1.807) is 0 Å². The van der Waals surface area contributed by atoms with E-state index in [1.165, 1.54) is 55.6 Å². The molecule has 0 saturated carbocycles. The third-order valence-electron chi connectivity index (χ3n) is 16.6. The lowest BCUT2D eigenvalue weighted by atomic mass is 9.85. The van der Waals surface area contributed by atoms with E-state index >= 15 is 0 Å². The van der Waals surface area contributed by atoms with Crippen LogP contribution in [0.15, 0.2) is 279 Å². The highest BCUT2D eigenvalue weighted by atomic mass is 15.2. The van der Waals surface area contributed by atoms with E-state index in [9.17, 15) is 0 Å². The monoisotopic (exact) mass is 1110 g/mol. The Balaban J connectivity index is 1.10. The second-order valence-electron chi connectivity index (χ2n) is 23.3. The van der Waals surface area contributed by atoms with Crippen molar-refractivity contribution in [3.8, 4) is 22.3 Å². The van der Waals surface area contributed by atoms with Crippen LogP contribution in [0.3, 0.4) is 0 Å². The van der Waals surface area contributed by atoms with Gasteiger partial charge in [-0.2, -0.15) is 0 Å². The minimum atomic E-state index is 1.07. The quantitative estimate of drug-likeness (QED) is 0.101. The van der Waals surface area contributed by atoms with Crippen molar-refractivity contribution in [3.05, 3.63) is 324 Å². The molecule has 13 aromatic carbocycles. The van der Waals surface area contributed by atoms with E-state index < -0.39 is 0 Å². The fraction of sp³-hybridized carbons (Fsp3) is 0.0976. The molecule has 4 nitrogen and oxygen atoms in total. The van der Waals surface area contributed by atoms with Gasteiger partial charge in [-0.05, 0) is 267 Å². The van der Waals surface area contributed by atoms with Crippen molar-refractivity contribution >= 4 is 89.8 Å². The van der Waals surface area contributed by atoms with Gasteiger partial charge in [-0.25, -0.2) is 0 Å². The number of hydrogen-bond acceptors (Lipinski definition) is 4. The Morgan fingerprint density at radius 1 is 0.163 bits per heavy atom. The predicted molar refractivity (Wildman–Crippen MR) is 369 cm³/mol. The fourth-order valence-electron chi connectivity index (χ4n) is 12.3. The first-order valence-electron chi connectivity index (χ1n) is 29.9. The van der Waals surface area contributed by atoms with Gasteiger partial charge in [0.15, 0.2) is 0 Å². The van der Waals surface area contributed by atoms with Gasteiger partial charge in [0.25, 0.3) is 0 Å². The van der Waals surface area contributed by atoms with E-state index in [4.69, 9.17) is 0 Å². The first-order chi connectivity index (χ1) is 41.9. The Bertz CT molecular complexity index is 4100. The molecule has 13 rings (SSSR count). The molecule has 0 unspecified atom stereocenters. The zero-order valence-electron chi connectivity index (χ0n) is 50.3. The first-order valence-corrected chi connectivity index (χ1v) is 29.9. The van der Waals surface area contributed by atoms with Crippen molar-refractivity contribution < 1.29 is 0 Å². The summed E-state index contributed by atoms with van der Waals surface area (Å²) in [5.41, 5.74) is 27.5. The van der Waals surface area contributed by atoms with Crippen LogP contribution in [0.25, 0.3) is 43.8 Å². The number of hydrogen-bond donors (Lipinski definition) is 0. The van der Waals surface area contributed by atoms with Gasteiger partial charge in [0, 0.05) is 68.2 Å². The van der Waals surface area contributed by atoms with E-state index in [0.29, 0.717) is 0 Å². The van der Waals surface area contributed by atoms with Gasteiger partial charge in [0.05, 0.1) is 0 Å². The Morgan fingerprint density at radius 3 is 0.616 bits per heavy atom. The van der Waals surface area contributed by atoms with Gasteiger partial charge in [0.2, 0.25) is 0 Å². The molecule has 0 heterocycles. The normalized spacial score (nSPS) is 11.3. The molecule has 418 valence electrons. The summed E-state index contributed by atoms with van der Waals surface area (Å²) < 4.78 is 0. The van der Waals surface area contributed by atoms with Crippen LogP contribution in [0.4, 0.5) is 68.2 Å². The third-order valence-corrected chi connectivity index (χ3v) is 16.6. The van der Waals surface area contributed by atoms with Crippen LogP contribution in [-0.4, -0.2) is 0 Å². The predicted octanol–water partition coefficient (Wildman–Crippen LogP) is 23.7. The van der Waals surface area contributed by atoms with E-state index in [-0.39, 0.29) is 0 Å². The summed E-state index contributed by atoms with van der Waals surface area (Å²) in [6, 6.07) is 104. The molecule has 0 amide bonds. The Hall–Kier alpha value is -10.4. The molecule has 86 heavy (non-hydrogen) atoms. The highest BCUT2D eigenvalue weighted by Gasteiger charge is 2.24. The van der Waals surface area contributed by atoms with E-state index in [2.05, 4.69) is 354 Å². The van der Waals surface area contributed by atoms with Crippen LogP contribution in [0, 0.1) is 55.4 Å². The summed E-state index contributed by atoms with van der Waals surface area (Å²) in [6.45, 7) is 17.3. The summed E-state index contributed by atoms with van der Waals surface area (Å²) in [6.07, 6.45) is 0. The molecular formula is C82H70N4. The number of nitrogens with zero attached hydrogens (tertiary/aromatic N) is 4. The zero-order chi connectivity index (χ0) is 59.0. The van der Waals surface area contributed by atoms with Crippen molar-refractivity contribution in [2.75, 3.05) is 19.6 Å². The largest absolute Gasteiger partial charge is 0.310 e. The van der Waals surface area contributed by atoms with Crippen LogP contribution < -0.4 is 19.6 Å². The lowest BCUT2D eigenvalue weighted by Crippen LogP contribution is -2.11. The van der Waals surface area contributed by atoms with Crippen molar-refractivity contribution in [2.45, 2.75) is 55.4 Å². The minimum absolute atomic E-state index is 1.07. The maximum absolute atomic E-state index is 2.44. The van der Waals surface area contributed by atoms with Crippen molar-refractivity contribution in [1.29, 1.82) is 0 Å². The molecule has 0 N–H and O–H groups in total. The Labute approximate surface area is 507 Å². The smallest absolute Gasteiger partial charge is 0.0468 e. The summed E-state index contributed by atoms with van der Waals surface area (Å²) in [5.74, 6) is 0. The number of anilines is 12. The lowest BCUT2D eigenvalue weighted by Gasteiger charge is -2.29. The topological polar surface area (TPSA) is 13.0 Å². The summed E-state index contributed by atoms with van der Waals surface area (Å²) in [4.78, 5) is 9.56. The molecule has 0 aliphatic heterocycles. The summed E-state index contributed by atoms with van der Waals surface area (Å²) in [5, 5.41) is 4.63. The maximum atomic E-state index is 2.44. The molecule has 0 spiro atoms. The average molecular weight is 1110 g/mol. The van der Waals surface area contributed by atoms with Crippen LogP contribution in [-0.2, 0) is 0 Å². The Kier molecular flexibility index (Phi) is 14.9. The molecule has 0 fully saturated rings. The molecule has 0 atom stereocenters. The minimum Gasteiger partial charge on any atom is -0.310 e. The number of rotatable bonds is 14. The highest BCUT2D eigenvalue weighted by molar-refractivity contribution is 6.23. The SMILES string of the molecule is Cc1ccc(N(c2ccc(C)cc2)c2ccc3c(-c4ccc(N(c5cccc(C)c5)c5cccc(C)c5)cc4)c4cc(N(c5ccc(C)cc5)c5ccc(C)cc5)ccc4c(-c4ccc(N(c5cccc(C)c5)c5cccc(C)c5)cc4)c3c2)cc1. The second kappa shape index (κ2) is 23.3. The molecule has 0 bridgehead atoms. The molecule has 0 radical (unpaired) electrons. The average Bonchev–Trinajstić information content (AvgIpc) is 0.796. The number of aryl methyl sites for hydroxylation is 8. The van der Waals surface area contributed by atoms with Gasteiger partial charge in [0.1, 0.15) is 0 Å². The van der Waals surface area contributed by atoms with Gasteiger partial charge in [-0.1, -0.05) is 156 Å². The van der Waals surface area contributed by atoms with Crippen molar-refractivity contribution in [2.24, 2.45) is 0 Å². The van der Waals surface area contributed by atoms with Crippen LogP contribution in [0.1, 0.15) is 44.5 Å². The summed E-state index contributed by atoms with van der Waals surface area (Å²) in [7, 11) is 0. The number of benzene rings is 13. The van der Waals surface area contributed by atoms with Gasteiger partial charge in [-0.15, -0.1) is 0 Å².